The van der Waals surface area contributed by atoms with Crippen LogP contribution in [0.5, 0.6) is 6.01 Å². The fraction of sp³-hybridized carbons (Fsp3) is 0.231. The molecule has 0 radical (unpaired) electrons. The van der Waals surface area contributed by atoms with Crippen molar-refractivity contribution in [2.24, 2.45) is 25.6 Å². The Kier molecular flexibility index (Phi) is 19.5. The van der Waals surface area contributed by atoms with E-state index in [1.807, 2.05) is 47.6 Å². The summed E-state index contributed by atoms with van der Waals surface area (Å²) in [6.07, 6.45) is 1.50. The van der Waals surface area contributed by atoms with E-state index in [2.05, 4.69) is 72.8 Å². The van der Waals surface area contributed by atoms with Crippen molar-refractivity contribution < 1.29 is 124 Å². The normalized spacial score (nSPS) is 13.1. The summed E-state index contributed by atoms with van der Waals surface area (Å²) in [4.78, 5) is 43.2. The molecule has 1 unspecified atom stereocenters. The Morgan fingerprint density at radius 1 is 0.809 bits per heavy atom. The number of nitrogens with two attached hydrogens (primary N) is 2. The maximum Gasteiger partial charge on any atom is 1.00 e. The van der Waals surface area contributed by atoms with Gasteiger partial charge in [0.1, 0.15) is 29.6 Å². The minimum Gasteiger partial charge on any atom is -0.844 e. The number of amidine groups is 1. The Hall–Kier alpha value is -6.07. The number of nitrogen functional groups attached to an aromatic ring is 2. The molecule has 4 aromatic heterocycles. The summed E-state index contributed by atoms with van der Waals surface area (Å²) < 4.78 is 4.46. The number of benzene rings is 2. The van der Waals surface area contributed by atoms with Crippen molar-refractivity contribution in [3.63, 3.8) is 0 Å². The first kappa shape index (κ1) is 58.1. The third kappa shape index (κ3) is 11.6. The number of hydrogen-bond donors (Lipinski definition) is 2. The van der Waals surface area contributed by atoms with Gasteiger partial charge < -0.3 is 36.4 Å². The van der Waals surface area contributed by atoms with Crippen molar-refractivity contribution in [1.29, 1.82) is 5.26 Å². The van der Waals surface area contributed by atoms with Crippen LogP contribution in [0.25, 0.3) is 22.4 Å². The molecule has 2 aromatic carbocycles. The van der Waals surface area contributed by atoms with Crippen LogP contribution in [-0.4, -0.2) is 73.0 Å². The van der Waals surface area contributed by atoms with Gasteiger partial charge in [-0.25, -0.2) is 15.0 Å². The van der Waals surface area contributed by atoms with Crippen molar-refractivity contribution in [2.45, 2.75) is 58.5 Å². The summed E-state index contributed by atoms with van der Waals surface area (Å²) in [6.45, 7) is 18.6. The predicted molar refractivity (Wildman–Crippen MR) is 213 cm³/mol. The maximum absolute atomic E-state index is 13.2. The minimum atomic E-state index is -1.45. The van der Waals surface area contributed by atoms with E-state index in [9.17, 15) is 30.2 Å². The summed E-state index contributed by atoms with van der Waals surface area (Å²) in [7, 11) is 0. The van der Waals surface area contributed by atoms with E-state index < -0.39 is 34.9 Å². The molecule has 24 nitrogen and oxygen atoms in total. The summed E-state index contributed by atoms with van der Waals surface area (Å²) in [5.41, 5.74) is 12.5. The van der Waals surface area contributed by atoms with E-state index in [0.29, 0.717) is 5.56 Å². The van der Waals surface area contributed by atoms with Gasteiger partial charge in [0.25, 0.3) is 18.1 Å². The van der Waals surface area contributed by atoms with Gasteiger partial charge in [-0.3, -0.25) is 4.68 Å². The Balaban J connectivity index is 0.00000317. The zero-order chi connectivity index (χ0) is 45.5. The van der Waals surface area contributed by atoms with Crippen molar-refractivity contribution in [2.75, 3.05) is 11.5 Å². The van der Waals surface area contributed by atoms with Gasteiger partial charge >= 0.3 is 100 Å². The SMILES string of the molecule is [C-]#[N+]C1=[N+](N=Nc2c(C(C)(C)C)nn(-c3nc([O-])nc(-n4nc(C(C)(C)C)c(N=Nc5c(C#N)cnn5-c5c[c-]cc(C(=O)[O-])c5)c4N)n3)c2N)C(c2c[c-]cc(C(=O)[O-])c2)N=C1.[Li+].[Li+].[Li+].[Li+].[Li+]. The summed E-state index contributed by atoms with van der Waals surface area (Å²) in [5.74, 6) is -4.04. The minimum absolute atomic E-state index is 0. The number of carbonyl (C=O) groups is 2. The summed E-state index contributed by atoms with van der Waals surface area (Å²) in [6, 6.07) is 14.3. The van der Waals surface area contributed by atoms with Gasteiger partial charge in [0.05, 0.1) is 23.6 Å². The van der Waals surface area contributed by atoms with Crippen LogP contribution in [-0.2, 0) is 10.8 Å². The topological polar surface area (TPSA) is 340 Å². The average Bonchev–Trinajstić information content (AvgIpc) is 4.01. The molecule has 0 saturated carbocycles. The summed E-state index contributed by atoms with van der Waals surface area (Å²) in [5, 5.41) is 76.8. The standard InChI is InChI=1S/C39H34N19O5.5Li/c1-38(2,3)27-25(49-51-32-22(16-40)17-45-55(32)23-13-9-12-21(15-23)34(61)62)29(41)57(52-27)35-46-36(48-37(63)47-35)58-30(42)26(28(53-58)39(4,5)6)50-54-56-24(43-7)18-44-31(56)19-10-8-11-20(14-19)33(59)60;;;;;/h10-15,17-18,31H,41-42H2,1-6H3,(H,59,60)(H,61,62)(H,46,47,48,63);;;;;/q-1;5*+1/p-3. The van der Waals surface area contributed by atoms with Crippen LogP contribution < -0.4 is 121 Å². The Morgan fingerprint density at radius 2 is 1.34 bits per heavy atom. The molecule has 0 saturated heterocycles. The number of aromatic nitrogens is 9. The molecule has 316 valence electrons. The van der Waals surface area contributed by atoms with Gasteiger partial charge in [0.2, 0.25) is 0 Å². The molecule has 0 amide bonds. The second kappa shape index (κ2) is 22.8. The molecule has 5 heterocycles. The third-order valence-electron chi connectivity index (χ3n) is 9.04. The Bertz CT molecular complexity index is 3100. The fourth-order valence-corrected chi connectivity index (χ4v) is 6.02. The molecule has 0 spiro atoms. The quantitative estimate of drug-likeness (QED) is 0.0559. The number of carboxylic acid groups (broad SMARTS) is 2. The van der Waals surface area contributed by atoms with Crippen molar-refractivity contribution in [3.05, 3.63) is 99.8 Å². The predicted octanol–water partition coefficient (Wildman–Crippen LogP) is -13.0. The van der Waals surface area contributed by atoms with Crippen molar-refractivity contribution >= 4 is 52.8 Å². The molecular formula is C39H31Li5N19O5+. The molecule has 1 aliphatic heterocycles. The molecule has 4 N–H and O–H groups in total. The number of rotatable bonds is 10. The van der Waals surface area contributed by atoms with E-state index in [1.54, 1.807) is 0 Å². The van der Waals surface area contributed by atoms with Crippen LogP contribution in [0, 0.1) is 30.0 Å². The van der Waals surface area contributed by atoms with Crippen LogP contribution in [0.4, 0.5) is 28.8 Å². The monoisotopic (exact) mass is 880 g/mol. The molecule has 1 atom stereocenters. The van der Waals surface area contributed by atoms with Gasteiger partial charge in [0, 0.05) is 22.8 Å². The number of azo groups is 1. The number of nitriles is 1. The van der Waals surface area contributed by atoms with Gasteiger partial charge in [-0.05, 0) is 5.69 Å². The number of aromatic carboxylic acids is 2. The first-order chi connectivity index (χ1) is 29.8. The molecule has 6 aromatic rings. The number of nitrogens with zero attached hydrogens (tertiary/aromatic N) is 17. The average molecular weight is 881 g/mol. The van der Waals surface area contributed by atoms with Gasteiger partial charge in [-0.1, -0.05) is 56.9 Å². The number of carbonyl (C=O) groups excluding carboxylic acids is 2. The first-order valence-corrected chi connectivity index (χ1v) is 18.4. The number of aliphatic imine (C=N–C) groups is 1. The van der Waals surface area contributed by atoms with Crippen LogP contribution >= 0.6 is 0 Å². The number of anilines is 2. The third-order valence-corrected chi connectivity index (χ3v) is 9.04. The Morgan fingerprint density at radius 3 is 1.85 bits per heavy atom. The smallest absolute Gasteiger partial charge is 0.844 e. The van der Waals surface area contributed by atoms with Crippen LogP contribution in [0.15, 0.2) is 68.2 Å². The second-order valence-electron chi connectivity index (χ2n) is 15.6. The largest absolute Gasteiger partial charge is 1.00 e. The van der Waals surface area contributed by atoms with E-state index >= 15 is 0 Å². The maximum atomic E-state index is 13.2. The molecule has 0 bridgehead atoms. The van der Waals surface area contributed by atoms with Gasteiger partial charge in [-0.2, -0.15) is 82.2 Å². The number of hydrogen-bond acceptors (Lipinski definition) is 19. The van der Waals surface area contributed by atoms with Gasteiger partial charge in [-0.15, -0.1) is 27.4 Å². The van der Waals surface area contributed by atoms with Crippen LogP contribution in [0.1, 0.15) is 90.9 Å². The van der Waals surface area contributed by atoms with Crippen LogP contribution in [0.2, 0.25) is 0 Å². The van der Waals surface area contributed by atoms with Crippen molar-refractivity contribution in [1.82, 2.24) is 44.3 Å². The molecule has 0 fully saturated rings. The fourth-order valence-electron chi connectivity index (χ4n) is 6.02. The van der Waals surface area contributed by atoms with E-state index in [1.165, 1.54) is 58.2 Å². The second-order valence-corrected chi connectivity index (χ2v) is 15.6. The zero-order valence-corrected chi connectivity index (χ0v) is 39.0. The summed E-state index contributed by atoms with van der Waals surface area (Å²) >= 11 is 0. The molecule has 68 heavy (non-hydrogen) atoms. The van der Waals surface area contributed by atoms with E-state index in [-0.39, 0.29) is 175 Å². The van der Waals surface area contributed by atoms with Crippen LogP contribution in [0.3, 0.4) is 0 Å². The first-order valence-electron chi connectivity index (χ1n) is 18.4. The zero-order valence-electron chi connectivity index (χ0n) is 39.0. The van der Waals surface area contributed by atoms with Gasteiger partial charge in [0.15, 0.2) is 28.8 Å². The molecule has 1 aliphatic rings. The van der Waals surface area contributed by atoms with E-state index in [4.69, 9.17) is 18.0 Å². The van der Waals surface area contributed by atoms with Crippen molar-refractivity contribution in [3.8, 4) is 29.7 Å². The Labute approximate surface area is 447 Å². The molecular weight excluding hydrogens is 849 g/mol. The van der Waals surface area contributed by atoms with E-state index in [0.717, 1.165) is 9.36 Å². The molecule has 7 rings (SSSR count). The number of carboxylic acids is 2. The molecule has 29 heteroatoms. The molecule has 0 aliphatic carbocycles.